The summed E-state index contributed by atoms with van der Waals surface area (Å²) in [6.45, 7) is 5.11. The number of carbonyl (C=O) groups excluding carboxylic acids is 3. The van der Waals surface area contributed by atoms with Crippen molar-refractivity contribution in [3.05, 3.63) is 59.2 Å². The van der Waals surface area contributed by atoms with Crippen molar-refractivity contribution in [2.24, 2.45) is 0 Å². The first-order valence-electron chi connectivity index (χ1n) is 8.90. The molecule has 1 atom stereocenters. The zero-order valence-corrected chi connectivity index (χ0v) is 16.3. The smallest absolute Gasteiger partial charge is 0.325 e. The van der Waals surface area contributed by atoms with Crippen LogP contribution in [0.3, 0.4) is 0 Å². The second kappa shape index (κ2) is 7.34. The molecule has 3 rings (SSSR count). The maximum Gasteiger partial charge on any atom is 0.325 e. The Morgan fingerprint density at radius 1 is 1.14 bits per heavy atom. The highest BCUT2D eigenvalue weighted by atomic mass is 16.5. The lowest BCUT2D eigenvalue weighted by Crippen LogP contribution is -2.42. The molecule has 1 aliphatic heterocycles. The Labute approximate surface area is 163 Å². The molecule has 2 aromatic rings. The molecule has 0 saturated carbocycles. The Hall–Kier alpha value is -3.35. The molecular weight excluding hydrogens is 358 g/mol. The zero-order chi connectivity index (χ0) is 20.5. The van der Waals surface area contributed by atoms with Crippen molar-refractivity contribution in [1.29, 1.82) is 0 Å². The molecule has 1 fully saturated rings. The Morgan fingerprint density at radius 3 is 2.43 bits per heavy atom. The van der Waals surface area contributed by atoms with Gasteiger partial charge < -0.3 is 15.4 Å². The summed E-state index contributed by atoms with van der Waals surface area (Å²) in [5, 5.41) is 5.45. The van der Waals surface area contributed by atoms with Gasteiger partial charge >= 0.3 is 6.03 Å². The van der Waals surface area contributed by atoms with Crippen LogP contribution >= 0.6 is 0 Å². The Morgan fingerprint density at radius 2 is 1.82 bits per heavy atom. The Kier molecular flexibility index (Phi) is 5.09. The quantitative estimate of drug-likeness (QED) is 0.780. The van der Waals surface area contributed by atoms with Crippen molar-refractivity contribution in [3.63, 3.8) is 0 Å². The molecule has 4 amide bonds. The van der Waals surface area contributed by atoms with Gasteiger partial charge in [-0.05, 0) is 50.1 Å². The monoisotopic (exact) mass is 381 g/mol. The van der Waals surface area contributed by atoms with Gasteiger partial charge in [-0.3, -0.25) is 14.5 Å². The van der Waals surface area contributed by atoms with Gasteiger partial charge in [-0.1, -0.05) is 29.8 Å². The van der Waals surface area contributed by atoms with Gasteiger partial charge in [0.05, 0.1) is 7.11 Å². The highest BCUT2D eigenvalue weighted by Gasteiger charge is 2.49. The van der Waals surface area contributed by atoms with E-state index in [9.17, 15) is 14.4 Å². The number of amides is 4. The predicted octanol–water partition coefficient (Wildman–Crippen LogP) is 2.72. The number of imide groups is 1. The molecule has 0 unspecified atom stereocenters. The second-order valence-electron chi connectivity index (χ2n) is 7.04. The molecule has 7 nitrogen and oxygen atoms in total. The minimum Gasteiger partial charge on any atom is -0.497 e. The van der Waals surface area contributed by atoms with E-state index in [2.05, 4.69) is 10.6 Å². The lowest BCUT2D eigenvalue weighted by molar-refractivity contribution is -0.133. The zero-order valence-electron chi connectivity index (χ0n) is 16.3. The van der Waals surface area contributed by atoms with E-state index in [4.69, 9.17) is 4.74 Å². The van der Waals surface area contributed by atoms with Gasteiger partial charge in [0.15, 0.2) is 0 Å². The second-order valence-corrected chi connectivity index (χ2v) is 7.04. The summed E-state index contributed by atoms with van der Waals surface area (Å²) < 4.78 is 5.12. The number of methoxy groups -OCH3 is 1. The van der Waals surface area contributed by atoms with E-state index >= 15 is 0 Å². The third kappa shape index (κ3) is 3.55. The Bertz CT molecular complexity index is 939. The van der Waals surface area contributed by atoms with Crippen LogP contribution in [0.15, 0.2) is 42.5 Å². The number of aryl methyl sites for hydroxylation is 2. The van der Waals surface area contributed by atoms with E-state index in [1.807, 2.05) is 26.0 Å². The van der Waals surface area contributed by atoms with Crippen LogP contribution in [-0.2, 0) is 15.1 Å². The van der Waals surface area contributed by atoms with Gasteiger partial charge in [0.1, 0.15) is 17.8 Å². The normalized spacial score (nSPS) is 18.8. The van der Waals surface area contributed by atoms with Crippen LogP contribution in [0.5, 0.6) is 5.75 Å². The summed E-state index contributed by atoms with van der Waals surface area (Å²) in [7, 11) is 1.55. The molecule has 2 aromatic carbocycles. The fourth-order valence-electron chi connectivity index (χ4n) is 3.25. The average molecular weight is 381 g/mol. The topological polar surface area (TPSA) is 87.7 Å². The standard InChI is InChI=1S/C21H23N3O4/c1-13-5-10-17(14(2)11-13)22-18(25)12-24-19(26)21(3,23-20(24)27)15-6-8-16(28-4)9-7-15/h5-11H,12H2,1-4H3,(H,22,25)(H,23,27)/t21-/m1/s1. The van der Waals surface area contributed by atoms with Crippen molar-refractivity contribution >= 4 is 23.5 Å². The molecule has 28 heavy (non-hydrogen) atoms. The van der Waals surface area contributed by atoms with Crippen LogP contribution in [0.25, 0.3) is 0 Å². The molecule has 2 N–H and O–H groups in total. The third-order valence-corrected chi connectivity index (χ3v) is 4.90. The van der Waals surface area contributed by atoms with Crippen molar-refractivity contribution in [2.45, 2.75) is 26.3 Å². The molecule has 1 saturated heterocycles. The van der Waals surface area contributed by atoms with E-state index in [1.54, 1.807) is 44.4 Å². The molecule has 0 spiro atoms. The lowest BCUT2D eigenvalue weighted by Gasteiger charge is -2.22. The van der Waals surface area contributed by atoms with Gasteiger partial charge in [-0.2, -0.15) is 0 Å². The summed E-state index contributed by atoms with van der Waals surface area (Å²) in [6.07, 6.45) is 0. The van der Waals surface area contributed by atoms with Crippen LogP contribution < -0.4 is 15.4 Å². The number of urea groups is 1. The maximum atomic E-state index is 12.9. The number of anilines is 1. The first-order chi connectivity index (χ1) is 13.2. The SMILES string of the molecule is COc1ccc([C@@]2(C)NC(=O)N(CC(=O)Nc3ccc(C)cc3C)C2=O)cc1. The molecule has 0 radical (unpaired) electrons. The van der Waals surface area contributed by atoms with E-state index < -0.39 is 23.4 Å². The summed E-state index contributed by atoms with van der Waals surface area (Å²) in [5.41, 5.74) is 2.03. The fourth-order valence-corrected chi connectivity index (χ4v) is 3.25. The molecule has 0 aliphatic carbocycles. The number of nitrogens with one attached hydrogen (secondary N) is 2. The maximum absolute atomic E-state index is 12.9. The molecule has 0 bridgehead atoms. The third-order valence-electron chi connectivity index (χ3n) is 4.90. The lowest BCUT2D eigenvalue weighted by atomic mass is 9.92. The van der Waals surface area contributed by atoms with E-state index in [0.717, 1.165) is 16.0 Å². The largest absolute Gasteiger partial charge is 0.497 e. The minimum absolute atomic E-state index is 0.357. The number of nitrogens with zero attached hydrogens (tertiary/aromatic N) is 1. The van der Waals surface area contributed by atoms with Crippen molar-refractivity contribution in [2.75, 3.05) is 19.0 Å². The van der Waals surface area contributed by atoms with E-state index in [1.165, 1.54) is 0 Å². The van der Waals surface area contributed by atoms with Crippen LogP contribution in [0.1, 0.15) is 23.6 Å². The van der Waals surface area contributed by atoms with Gasteiger partial charge in [0, 0.05) is 5.69 Å². The van der Waals surface area contributed by atoms with Gasteiger partial charge in [-0.15, -0.1) is 0 Å². The van der Waals surface area contributed by atoms with E-state index in [-0.39, 0.29) is 6.54 Å². The summed E-state index contributed by atoms with van der Waals surface area (Å²) in [4.78, 5) is 38.7. The molecule has 1 heterocycles. The molecule has 146 valence electrons. The highest BCUT2D eigenvalue weighted by Crippen LogP contribution is 2.30. The molecular formula is C21H23N3O4. The van der Waals surface area contributed by atoms with Crippen LogP contribution in [0.2, 0.25) is 0 Å². The fraction of sp³-hybridized carbons (Fsp3) is 0.286. The minimum atomic E-state index is -1.23. The number of ether oxygens (including phenoxy) is 1. The van der Waals surface area contributed by atoms with Crippen molar-refractivity contribution in [1.82, 2.24) is 10.2 Å². The van der Waals surface area contributed by atoms with Crippen LogP contribution in [0.4, 0.5) is 10.5 Å². The molecule has 7 heteroatoms. The summed E-state index contributed by atoms with van der Waals surface area (Å²) in [6, 6.07) is 11.9. The van der Waals surface area contributed by atoms with Gasteiger partial charge in [0.25, 0.3) is 5.91 Å². The van der Waals surface area contributed by atoms with E-state index in [0.29, 0.717) is 17.0 Å². The number of carbonyl (C=O) groups is 3. The van der Waals surface area contributed by atoms with Crippen LogP contribution in [0, 0.1) is 13.8 Å². The average Bonchev–Trinajstić information content (AvgIpc) is 2.88. The number of hydrogen-bond acceptors (Lipinski definition) is 4. The summed E-state index contributed by atoms with van der Waals surface area (Å²) >= 11 is 0. The van der Waals surface area contributed by atoms with Gasteiger partial charge in [-0.25, -0.2) is 4.79 Å². The van der Waals surface area contributed by atoms with Crippen molar-refractivity contribution < 1.29 is 19.1 Å². The number of hydrogen-bond donors (Lipinski definition) is 2. The van der Waals surface area contributed by atoms with Crippen molar-refractivity contribution in [3.8, 4) is 5.75 Å². The first-order valence-corrected chi connectivity index (χ1v) is 8.90. The summed E-state index contributed by atoms with van der Waals surface area (Å²) in [5.74, 6) is -0.262. The van der Waals surface area contributed by atoms with Gasteiger partial charge in [0.2, 0.25) is 5.91 Å². The molecule has 1 aliphatic rings. The number of benzene rings is 2. The molecule has 0 aromatic heterocycles. The predicted molar refractivity (Wildman–Crippen MR) is 105 cm³/mol. The Balaban J connectivity index is 1.74. The first kappa shape index (κ1) is 19.4. The number of rotatable bonds is 5. The highest BCUT2D eigenvalue weighted by molar-refractivity contribution is 6.10. The van der Waals surface area contributed by atoms with Crippen LogP contribution in [-0.4, -0.2) is 36.4 Å².